The first-order valence-electron chi connectivity index (χ1n) is 6.98. The molecule has 0 saturated carbocycles. The molecule has 1 aromatic carbocycles. The van der Waals surface area contributed by atoms with Gasteiger partial charge in [0.25, 0.3) is 5.56 Å². The lowest BCUT2D eigenvalue weighted by Crippen LogP contribution is -2.31. The van der Waals surface area contributed by atoms with Crippen molar-refractivity contribution < 1.29 is 5.21 Å². The average molecular weight is 312 g/mol. The van der Waals surface area contributed by atoms with Crippen molar-refractivity contribution in [3.8, 4) is 6.07 Å². The number of nitrogens with zero attached hydrogens (tertiary/aromatic N) is 2. The minimum absolute atomic E-state index is 0.0390. The fourth-order valence-electron chi connectivity index (χ4n) is 2.47. The van der Waals surface area contributed by atoms with Crippen LogP contribution in [-0.2, 0) is 0 Å². The van der Waals surface area contributed by atoms with Crippen LogP contribution in [0.5, 0.6) is 0 Å². The summed E-state index contributed by atoms with van der Waals surface area (Å²) in [4.78, 5) is 28.4. The van der Waals surface area contributed by atoms with E-state index in [2.05, 4.69) is 15.1 Å². The van der Waals surface area contributed by atoms with Crippen molar-refractivity contribution in [2.24, 2.45) is 5.16 Å². The molecule has 0 amide bonds. The number of H-pyrrole nitrogens is 2. The second kappa shape index (κ2) is 6.32. The van der Waals surface area contributed by atoms with Crippen molar-refractivity contribution >= 4 is 5.71 Å². The molecule has 0 unspecified atom stereocenters. The number of aromatic nitrogens is 2. The topological polar surface area (TPSA) is 122 Å². The molecule has 0 aliphatic rings. The van der Waals surface area contributed by atoms with Crippen LogP contribution in [0.1, 0.15) is 47.7 Å². The standard InChI is InChI=1S/C16H16N4O3/c1-8(2)12-14(18-16(22)19-15(12)21)13(20-23)11-5-9(3)4-10(6-11)7-17/h4-6,8,23H,1-3H3,(H2,18,19,21,22)/b20-13+. The van der Waals surface area contributed by atoms with E-state index in [1.54, 1.807) is 32.9 Å². The van der Waals surface area contributed by atoms with Crippen molar-refractivity contribution in [3.63, 3.8) is 0 Å². The normalized spacial score (nSPS) is 11.5. The van der Waals surface area contributed by atoms with Gasteiger partial charge in [0.15, 0.2) is 0 Å². The lowest BCUT2D eigenvalue weighted by molar-refractivity contribution is 0.319. The van der Waals surface area contributed by atoms with E-state index in [4.69, 9.17) is 5.26 Å². The maximum Gasteiger partial charge on any atom is 0.326 e. The van der Waals surface area contributed by atoms with Gasteiger partial charge in [-0.15, -0.1) is 0 Å². The summed E-state index contributed by atoms with van der Waals surface area (Å²) < 4.78 is 0. The van der Waals surface area contributed by atoms with Crippen molar-refractivity contribution in [1.29, 1.82) is 5.26 Å². The Morgan fingerprint density at radius 3 is 2.52 bits per heavy atom. The van der Waals surface area contributed by atoms with Crippen LogP contribution in [0.3, 0.4) is 0 Å². The molecule has 1 aromatic heterocycles. The number of oxime groups is 1. The fraction of sp³-hybridized carbons (Fsp3) is 0.250. The zero-order chi connectivity index (χ0) is 17.1. The minimum Gasteiger partial charge on any atom is -0.410 e. The molecule has 0 aliphatic carbocycles. The Kier molecular flexibility index (Phi) is 4.46. The molecule has 0 saturated heterocycles. The van der Waals surface area contributed by atoms with Crippen LogP contribution in [0.15, 0.2) is 32.9 Å². The number of nitriles is 1. The number of hydrogen-bond acceptors (Lipinski definition) is 5. The highest BCUT2D eigenvalue weighted by atomic mass is 16.4. The predicted molar refractivity (Wildman–Crippen MR) is 85.1 cm³/mol. The van der Waals surface area contributed by atoms with E-state index in [0.29, 0.717) is 16.7 Å². The Bertz CT molecular complexity index is 930. The smallest absolute Gasteiger partial charge is 0.326 e. The van der Waals surface area contributed by atoms with Gasteiger partial charge >= 0.3 is 5.69 Å². The average Bonchev–Trinajstić information content (AvgIpc) is 2.46. The summed E-state index contributed by atoms with van der Waals surface area (Å²) >= 11 is 0. The van der Waals surface area contributed by atoms with Crippen molar-refractivity contribution in [2.75, 3.05) is 0 Å². The number of benzene rings is 1. The number of hydrogen-bond donors (Lipinski definition) is 3. The van der Waals surface area contributed by atoms with Gasteiger partial charge in [-0.2, -0.15) is 5.26 Å². The lowest BCUT2D eigenvalue weighted by Gasteiger charge is -2.13. The summed E-state index contributed by atoms with van der Waals surface area (Å²) in [6, 6.07) is 6.95. The molecule has 0 spiro atoms. The Balaban J connectivity index is 2.79. The van der Waals surface area contributed by atoms with Crippen molar-refractivity contribution in [3.05, 3.63) is 67.0 Å². The van der Waals surface area contributed by atoms with E-state index in [0.717, 1.165) is 5.56 Å². The highest BCUT2D eigenvalue weighted by Gasteiger charge is 2.20. The highest BCUT2D eigenvalue weighted by Crippen LogP contribution is 2.18. The third-order valence-electron chi connectivity index (χ3n) is 3.37. The maximum absolute atomic E-state index is 12.1. The molecule has 118 valence electrons. The van der Waals surface area contributed by atoms with E-state index < -0.39 is 11.2 Å². The largest absolute Gasteiger partial charge is 0.410 e. The number of nitrogens with one attached hydrogen (secondary N) is 2. The van der Waals surface area contributed by atoms with Crippen LogP contribution in [0, 0.1) is 18.3 Å². The molecule has 2 rings (SSSR count). The van der Waals surface area contributed by atoms with Gasteiger partial charge in [-0.3, -0.25) is 9.78 Å². The van der Waals surface area contributed by atoms with Crippen LogP contribution in [0.2, 0.25) is 0 Å². The molecule has 3 N–H and O–H groups in total. The molecule has 7 nitrogen and oxygen atoms in total. The molecule has 0 radical (unpaired) electrons. The molecule has 2 aromatic rings. The number of rotatable bonds is 3. The molecule has 0 atom stereocenters. The lowest BCUT2D eigenvalue weighted by atomic mass is 9.95. The summed E-state index contributed by atoms with van der Waals surface area (Å²) in [5.74, 6) is -0.206. The monoisotopic (exact) mass is 312 g/mol. The van der Waals surface area contributed by atoms with Crippen LogP contribution in [-0.4, -0.2) is 20.9 Å². The Morgan fingerprint density at radius 1 is 1.26 bits per heavy atom. The van der Waals surface area contributed by atoms with E-state index in [-0.39, 0.29) is 17.3 Å². The zero-order valence-corrected chi connectivity index (χ0v) is 13.0. The van der Waals surface area contributed by atoms with Gasteiger partial charge in [0.2, 0.25) is 0 Å². The third kappa shape index (κ3) is 3.21. The van der Waals surface area contributed by atoms with Gasteiger partial charge in [0.05, 0.1) is 17.3 Å². The molecular weight excluding hydrogens is 296 g/mol. The van der Waals surface area contributed by atoms with Gasteiger partial charge < -0.3 is 10.2 Å². The Hall–Kier alpha value is -3.14. The van der Waals surface area contributed by atoms with Crippen molar-refractivity contribution in [1.82, 2.24) is 9.97 Å². The quantitative estimate of drug-likeness (QED) is 0.452. The maximum atomic E-state index is 12.1. The fourth-order valence-corrected chi connectivity index (χ4v) is 2.47. The molecular formula is C16H16N4O3. The van der Waals surface area contributed by atoms with E-state index in [1.165, 1.54) is 6.07 Å². The van der Waals surface area contributed by atoms with Crippen LogP contribution in [0.25, 0.3) is 0 Å². The third-order valence-corrected chi connectivity index (χ3v) is 3.37. The number of aromatic amines is 2. The molecule has 0 bridgehead atoms. The van der Waals surface area contributed by atoms with E-state index in [1.807, 2.05) is 6.07 Å². The SMILES string of the molecule is Cc1cc(C#N)cc(/C(=N\O)c2[nH]c(=O)[nH]c(=O)c2C(C)C)c1. The van der Waals surface area contributed by atoms with Gasteiger partial charge in [0.1, 0.15) is 5.71 Å². The van der Waals surface area contributed by atoms with E-state index >= 15 is 0 Å². The summed E-state index contributed by atoms with van der Waals surface area (Å²) in [5, 5.41) is 21.8. The summed E-state index contributed by atoms with van der Waals surface area (Å²) in [7, 11) is 0. The Morgan fingerprint density at radius 2 is 1.96 bits per heavy atom. The summed E-state index contributed by atoms with van der Waals surface area (Å²) in [5.41, 5.74) is 0.877. The highest BCUT2D eigenvalue weighted by molar-refractivity contribution is 6.12. The van der Waals surface area contributed by atoms with Crippen LogP contribution >= 0.6 is 0 Å². The Labute approximate surface area is 131 Å². The summed E-state index contributed by atoms with van der Waals surface area (Å²) in [6.45, 7) is 5.37. The second-order valence-electron chi connectivity index (χ2n) is 5.50. The van der Waals surface area contributed by atoms with Gasteiger partial charge in [-0.05, 0) is 36.6 Å². The zero-order valence-electron chi connectivity index (χ0n) is 13.0. The van der Waals surface area contributed by atoms with Crippen molar-refractivity contribution in [2.45, 2.75) is 26.7 Å². The first-order chi connectivity index (χ1) is 10.9. The van der Waals surface area contributed by atoms with Crippen LogP contribution < -0.4 is 11.2 Å². The molecule has 0 aliphatic heterocycles. The number of aryl methyl sites for hydroxylation is 1. The molecule has 1 heterocycles. The summed E-state index contributed by atoms with van der Waals surface area (Å²) in [6.07, 6.45) is 0. The van der Waals surface area contributed by atoms with Gasteiger partial charge in [-0.25, -0.2) is 4.79 Å². The van der Waals surface area contributed by atoms with Crippen LogP contribution in [0.4, 0.5) is 0 Å². The van der Waals surface area contributed by atoms with Gasteiger partial charge in [0, 0.05) is 11.1 Å². The van der Waals surface area contributed by atoms with E-state index in [9.17, 15) is 14.8 Å². The predicted octanol–water partition coefficient (Wildman–Crippen LogP) is 1.59. The first kappa shape index (κ1) is 16.2. The molecule has 0 fully saturated rings. The second-order valence-corrected chi connectivity index (χ2v) is 5.50. The molecule has 7 heteroatoms. The first-order valence-corrected chi connectivity index (χ1v) is 6.98. The molecule has 23 heavy (non-hydrogen) atoms. The van der Waals surface area contributed by atoms with Gasteiger partial charge in [-0.1, -0.05) is 19.0 Å². The minimum atomic E-state index is -0.691.